The first kappa shape index (κ1) is 24.6. The minimum absolute atomic E-state index is 0. The monoisotopic (exact) mass is 509 g/mol. The van der Waals surface area contributed by atoms with Crippen LogP contribution in [0.2, 0.25) is 0 Å². The molecule has 0 amide bonds. The number of thiazole rings is 1. The van der Waals surface area contributed by atoms with Crippen molar-refractivity contribution in [1.82, 2.24) is 20.5 Å². The summed E-state index contributed by atoms with van der Waals surface area (Å²) in [7, 11) is 1.77. The molecule has 1 fully saturated rings. The highest BCUT2D eigenvalue weighted by atomic mass is 127. The number of likely N-dealkylation sites (tertiary alicyclic amines) is 1. The number of rotatable bonds is 10. The lowest BCUT2D eigenvalue weighted by Crippen LogP contribution is -2.49. The Bertz CT molecular complexity index is 532. The normalized spacial score (nSPS) is 16.2. The Labute approximate surface area is 185 Å². The molecule has 0 spiro atoms. The molecule has 1 aromatic heterocycles. The molecule has 6 nitrogen and oxygen atoms in total. The van der Waals surface area contributed by atoms with Gasteiger partial charge in [-0.15, -0.1) is 35.3 Å². The Kier molecular flexibility index (Phi) is 13.2. The van der Waals surface area contributed by atoms with Gasteiger partial charge >= 0.3 is 0 Å². The fourth-order valence-electron chi connectivity index (χ4n) is 3.14. The molecule has 0 radical (unpaired) electrons. The van der Waals surface area contributed by atoms with E-state index in [4.69, 9.17) is 9.73 Å². The average Bonchev–Trinajstić information content (AvgIpc) is 3.11. The number of piperidine rings is 1. The number of aromatic nitrogens is 1. The predicted molar refractivity (Wildman–Crippen MR) is 126 cm³/mol. The molecule has 0 saturated carbocycles. The van der Waals surface area contributed by atoms with Crippen molar-refractivity contribution in [3.8, 4) is 0 Å². The van der Waals surface area contributed by atoms with Gasteiger partial charge < -0.3 is 20.3 Å². The third-order valence-electron chi connectivity index (χ3n) is 4.64. The first-order valence-electron chi connectivity index (χ1n) is 9.94. The van der Waals surface area contributed by atoms with Crippen molar-refractivity contribution >= 4 is 41.3 Å². The second-order valence-corrected chi connectivity index (χ2v) is 7.89. The molecule has 2 rings (SSSR count). The molecule has 0 bridgehead atoms. The lowest BCUT2D eigenvalue weighted by molar-refractivity contribution is 0.155. The van der Waals surface area contributed by atoms with Gasteiger partial charge in [0.15, 0.2) is 5.96 Å². The Morgan fingerprint density at radius 1 is 1.37 bits per heavy atom. The van der Waals surface area contributed by atoms with Crippen LogP contribution in [-0.2, 0) is 17.6 Å². The maximum absolute atomic E-state index is 5.14. The number of hydrogen-bond acceptors (Lipinski definition) is 5. The number of methoxy groups -OCH3 is 1. The maximum Gasteiger partial charge on any atom is 0.191 e. The van der Waals surface area contributed by atoms with Crippen LogP contribution in [0.5, 0.6) is 0 Å². The number of hydrogen-bond donors (Lipinski definition) is 2. The molecule has 0 atom stereocenters. The fraction of sp³-hybridized carbons (Fsp3) is 0.789. The third-order valence-corrected chi connectivity index (χ3v) is 5.84. The summed E-state index contributed by atoms with van der Waals surface area (Å²) in [5, 5.41) is 8.18. The predicted octanol–water partition coefficient (Wildman–Crippen LogP) is 2.92. The quantitative estimate of drug-likeness (QED) is 0.220. The van der Waals surface area contributed by atoms with Crippen molar-refractivity contribution in [2.45, 2.75) is 52.0 Å². The van der Waals surface area contributed by atoms with Gasteiger partial charge in [-0.25, -0.2) is 4.98 Å². The van der Waals surface area contributed by atoms with E-state index in [2.05, 4.69) is 34.4 Å². The number of nitrogens with zero attached hydrogens (tertiary/aromatic N) is 3. The van der Waals surface area contributed by atoms with Gasteiger partial charge in [0.2, 0.25) is 0 Å². The van der Waals surface area contributed by atoms with E-state index < -0.39 is 0 Å². The topological polar surface area (TPSA) is 61.8 Å². The third kappa shape index (κ3) is 9.54. The fourth-order valence-corrected chi connectivity index (χ4v) is 3.99. The van der Waals surface area contributed by atoms with Crippen molar-refractivity contribution in [1.29, 1.82) is 0 Å². The van der Waals surface area contributed by atoms with Crippen molar-refractivity contribution in [2.24, 2.45) is 4.99 Å². The van der Waals surface area contributed by atoms with E-state index in [0.717, 1.165) is 64.6 Å². The first-order chi connectivity index (χ1) is 12.7. The van der Waals surface area contributed by atoms with Crippen LogP contribution in [0.1, 0.15) is 43.0 Å². The minimum atomic E-state index is 0. The van der Waals surface area contributed by atoms with Gasteiger partial charge in [0.05, 0.1) is 5.01 Å². The summed E-state index contributed by atoms with van der Waals surface area (Å²) in [4.78, 5) is 13.1. The Morgan fingerprint density at radius 2 is 2.15 bits per heavy atom. The standard InChI is InChI=1S/C19H35N5OS.HI/c1-4-17-15-22-18(26-17)7-10-21-19(20-5-2)23-16-8-12-24(13-9-16)11-6-14-25-3;/h15-16H,4-14H2,1-3H3,(H2,20,21,23);1H. The van der Waals surface area contributed by atoms with Crippen molar-refractivity contribution < 1.29 is 4.74 Å². The van der Waals surface area contributed by atoms with Crippen LogP contribution in [0, 0.1) is 0 Å². The van der Waals surface area contributed by atoms with Gasteiger partial charge in [0, 0.05) is 70.0 Å². The lowest BCUT2D eigenvalue weighted by Gasteiger charge is -2.33. The van der Waals surface area contributed by atoms with Crippen LogP contribution in [0.4, 0.5) is 0 Å². The molecule has 1 aliphatic heterocycles. The molecule has 27 heavy (non-hydrogen) atoms. The second-order valence-electron chi connectivity index (χ2n) is 6.69. The summed E-state index contributed by atoms with van der Waals surface area (Å²) in [5.41, 5.74) is 0. The van der Waals surface area contributed by atoms with E-state index in [1.54, 1.807) is 18.4 Å². The highest BCUT2D eigenvalue weighted by molar-refractivity contribution is 14.0. The number of aryl methyl sites for hydroxylation is 1. The number of nitrogens with one attached hydrogen (secondary N) is 2. The highest BCUT2D eigenvalue weighted by Crippen LogP contribution is 2.14. The van der Waals surface area contributed by atoms with Gasteiger partial charge in [0.25, 0.3) is 0 Å². The summed E-state index contributed by atoms with van der Waals surface area (Å²) in [6, 6.07) is 0.512. The summed E-state index contributed by atoms with van der Waals surface area (Å²) in [5.74, 6) is 0.942. The SMILES string of the molecule is CCNC(=NCCc1ncc(CC)s1)NC1CCN(CCCOC)CC1.I. The second kappa shape index (κ2) is 14.5. The number of ether oxygens (including phenoxy) is 1. The minimum Gasteiger partial charge on any atom is -0.385 e. The molecular weight excluding hydrogens is 473 g/mol. The van der Waals surface area contributed by atoms with E-state index in [-0.39, 0.29) is 24.0 Å². The smallest absolute Gasteiger partial charge is 0.191 e. The van der Waals surface area contributed by atoms with E-state index >= 15 is 0 Å². The van der Waals surface area contributed by atoms with Crippen LogP contribution in [0.3, 0.4) is 0 Å². The Hall–Kier alpha value is -0.450. The van der Waals surface area contributed by atoms with E-state index in [9.17, 15) is 0 Å². The van der Waals surface area contributed by atoms with Gasteiger partial charge in [0.1, 0.15) is 0 Å². The largest absolute Gasteiger partial charge is 0.385 e. The summed E-state index contributed by atoms with van der Waals surface area (Å²) in [6.45, 7) is 10.3. The summed E-state index contributed by atoms with van der Waals surface area (Å²) in [6.07, 6.45) is 7.44. The molecular formula is C19H36IN5OS. The van der Waals surface area contributed by atoms with Gasteiger partial charge in [-0.2, -0.15) is 0 Å². The molecule has 2 N–H and O–H groups in total. The van der Waals surface area contributed by atoms with Gasteiger partial charge in [-0.1, -0.05) is 6.92 Å². The molecule has 156 valence electrons. The summed E-state index contributed by atoms with van der Waals surface area (Å²) >= 11 is 1.81. The molecule has 1 aromatic rings. The molecule has 1 aliphatic rings. The highest BCUT2D eigenvalue weighted by Gasteiger charge is 2.19. The van der Waals surface area contributed by atoms with E-state index in [1.165, 1.54) is 22.7 Å². The van der Waals surface area contributed by atoms with Crippen LogP contribution >= 0.6 is 35.3 Å². The number of guanidine groups is 1. The van der Waals surface area contributed by atoms with Crippen LogP contribution in [-0.4, -0.2) is 68.3 Å². The van der Waals surface area contributed by atoms with Crippen molar-refractivity contribution in [2.75, 3.05) is 46.4 Å². The number of halogens is 1. The van der Waals surface area contributed by atoms with E-state index in [0.29, 0.717) is 6.04 Å². The average molecular weight is 510 g/mol. The zero-order valence-corrected chi connectivity index (χ0v) is 20.1. The molecule has 0 aliphatic carbocycles. The van der Waals surface area contributed by atoms with Gasteiger partial charge in [-0.05, 0) is 32.6 Å². The maximum atomic E-state index is 5.14. The van der Waals surface area contributed by atoms with Crippen LogP contribution in [0.25, 0.3) is 0 Å². The van der Waals surface area contributed by atoms with Crippen molar-refractivity contribution in [3.63, 3.8) is 0 Å². The van der Waals surface area contributed by atoms with Gasteiger partial charge in [-0.3, -0.25) is 4.99 Å². The zero-order chi connectivity index (χ0) is 18.6. The molecule has 2 heterocycles. The molecule has 1 saturated heterocycles. The van der Waals surface area contributed by atoms with Crippen LogP contribution < -0.4 is 10.6 Å². The molecule has 8 heteroatoms. The zero-order valence-electron chi connectivity index (χ0n) is 17.0. The molecule has 0 unspecified atom stereocenters. The Morgan fingerprint density at radius 3 is 2.78 bits per heavy atom. The van der Waals surface area contributed by atoms with Crippen molar-refractivity contribution in [3.05, 3.63) is 16.1 Å². The summed E-state index contributed by atoms with van der Waals surface area (Å²) < 4.78 is 5.14. The Balaban J connectivity index is 0.00000364. The first-order valence-corrected chi connectivity index (χ1v) is 10.8. The van der Waals surface area contributed by atoms with Crippen LogP contribution in [0.15, 0.2) is 11.2 Å². The number of aliphatic imine (C=N–C) groups is 1. The van der Waals surface area contributed by atoms with E-state index in [1.807, 2.05) is 6.20 Å². The molecule has 0 aromatic carbocycles. The lowest BCUT2D eigenvalue weighted by atomic mass is 10.1.